The molecule has 0 N–H and O–H groups in total. The molecule has 4 rings (SSSR count). The molecule has 0 radical (unpaired) electrons. The molecule has 0 aromatic heterocycles. The Morgan fingerprint density at radius 1 is 0.870 bits per heavy atom. The number of rotatable bonds is 3. The Labute approximate surface area is 138 Å². The van der Waals surface area contributed by atoms with Crippen molar-refractivity contribution in [1.82, 2.24) is 0 Å². The molecule has 2 aliphatic rings. The van der Waals surface area contributed by atoms with Crippen LogP contribution < -0.4 is 0 Å². The van der Waals surface area contributed by atoms with E-state index in [1.165, 1.54) is 29.5 Å². The molecule has 0 aliphatic heterocycles. The van der Waals surface area contributed by atoms with Crippen molar-refractivity contribution in [3.05, 3.63) is 69.0 Å². The van der Waals surface area contributed by atoms with E-state index in [0.717, 1.165) is 29.0 Å². The third-order valence-corrected chi connectivity index (χ3v) is 5.80. The first-order chi connectivity index (χ1) is 11.0. The molecule has 2 aliphatic carbocycles. The van der Waals surface area contributed by atoms with Gasteiger partial charge in [-0.2, -0.15) is 0 Å². The van der Waals surface area contributed by atoms with Crippen LogP contribution in [0.4, 0.5) is 4.39 Å². The predicted octanol–water partition coefficient (Wildman–Crippen LogP) is 6.21. The van der Waals surface area contributed by atoms with Crippen molar-refractivity contribution in [2.75, 3.05) is 0 Å². The first kappa shape index (κ1) is 14.9. The number of hydrogen-bond donors (Lipinski definition) is 0. The normalized spacial score (nSPS) is 23.2. The van der Waals surface area contributed by atoms with Gasteiger partial charge in [0.25, 0.3) is 0 Å². The lowest BCUT2D eigenvalue weighted by atomic mass is 9.91. The van der Waals surface area contributed by atoms with Gasteiger partial charge in [-0.25, -0.2) is 4.39 Å². The second kappa shape index (κ2) is 5.19. The van der Waals surface area contributed by atoms with Crippen LogP contribution >= 0.6 is 0 Å². The van der Waals surface area contributed by atoms with E-state index in [4.69, 9.17) is 0 Å². The van der Waals surface area contributed by atoms with Crippen LogP contribution in [0.3, 0.4) is 0 Å². The zero-order valence-corrected chi connectivity index (χ0v) is 14.5. The Morgan fingerprint density at radius 3 is 2.22 bits per heavy atom. The van der Waals surface area contributed by atoms with Crippen LogP contribution in [0.15, 0.2) is 24.3 Å². The van der Waals surface area contributed by atoms with Crippen molar-refractivity contribution in [3.63, 3.8) is 0 Å². The molecule has 23 heavy (non-hydrogen) atoms. The fourth-order valence-electron chi connectivity index (χ4n) is 4.23. The molecule has 2 aromatic carbocycles. The molecular weight excluding hydrogens is 283 g/mol. The van der Waals surface area contributed by atoms with Crippen molar-refractivity contribution in [3.8, 4) is 0 Å². The van der Waals surface area contributed by atoms with Gasteiger partial charge in [0.15, 0.2) is 0 Å². The van der Waals surface area contributed by atoms with Gasteiger partial charge in [0, 0.05) is 0 Å². The third kappa shape index (κ3) is 2.51. The Kier molecular flexibility index (Phi) is 3.37. The Balaban J connectivity index is 1.72. The summed E-state index contributed by atoms with van der Waals surface area (Å²) >= 11 is 0. The van der Waals surface area contributed by atoms with Crippen molar-refractivity contribution in [1.29, 1.82) is 0 Å². The van der Waals surface area contributed by atoms with E-state index in [0.29, 0.717) is 11.8 Å². The minimum absolute atomic E-state index is 0.0187. The fraction of sp³-hybridized carbons (Fsp3) is 0.455. The quantitative estimate of drug-likeness (QED) is 0.632. The smallest absolute Gasteiger partial charge is 0.129 e. The van der Waals surface area contributed by atoms with Crippen LogP contribution in [0.1, 0.15) is 76.0 Å². The summed E-state index contributed by atoms with van der Waals surface area (Å²) in [5.41, 5.74) is 8.69. The van der Waals surface area contributed by atoms with Crippen molar-refractivity contribution in [2.24, 2.45) is 0 Å². The Hall–Kier alpha value is -1.63. The summed E-state index contributed by atoms with van der Waals surface area (Å²) in [6.07, 6.45) is 3.77. The molecule has 2 unspecified atom stereocenters. The van der Waals surface area contributed by atoms with Gasteiger partial charge in [-0.1, -0.05) is 29.8 Å². The van der Waals surface area contributed by atoms with Crippen LogP contribution in [-0.4, -0.2) is 0 Å². The summed E-state index contributed by atoms with van der Waals surface area (Å²) in [7, 11) is 0. The summed E-state index contributed by atoms with van der Waals surface area (Å²) in [5.74, 6) is 1.67. The molecule has 0 amide bonds. The van der Waals surface area contributed by atoms with E-state index in [2.05, 4.69) is 32.0 Å². The van der Waals surface area contributed by atoms with Gasteiger partial charge in [0.05, 0.1) is 0 Å². The lowest BCUT2D eigenvalue weighted by molar-refractivity contribution is 0.598. The van der Waals surface area contributed by atoms with Crippen LogP contribution in [0.25, 0.3) is 0 Å². The van der Waals surface area contributed by atoms with E-state index < -0.39 is 0 Å². The fourth-order valence-corrected chi connectivity index (χ4v) is 4.23. The SMILES string of the molecule is Cc1cc(C2CC2)c(C)c(C2CC2c2c(C)ccc(C)c2F)c1. The second-order valence-electron chi connectivity index (χ2n) is 7.72. The molecule has 1 heteroatoms. The van der Waals surface area contributed by atoms with E-state index in [9.17, 15) is 4.39 Å². The number of aryl methyl sites for hydroxylation is 3. The molecule has 2 fully saturated rings. The minimum Gasteiger partial charge on any atom is -0.206 e. The van der Waals surface area contributed by atoms with E-state index in [-0.39, 0.29) is 5.82 Å². The van der Waals surface area contributed by atoms with Crippen LogP contribution in [0.5, 0.6) is 0 Å². The molecule has 0 saturated heterocycles. The van der Waals surface area contributed by atoms with Gasteiger partial charge >= 0.3 is 0 Å². The second-order valence-corrected chi connectivity index (χ2v) is 7.72. The highest BCUT2D eigenvalue weighted by Gasteiger charge is 2.43. The van der Waals surface area contributed by atoms with Gasteiger partial charge < -0.3 is 0 Å². The topological polar surface area (TPSA) is 0 Å². The standard InChI is InChI=1S/C22H25F/c1-12-9-17(16-7-8-16)15(4)18(10-12)19-11-20(19)21-13(2)5-6-14(3)22(21)23/h5-6,9-10,16,19-20H,7-8,11H2,1-4H3. The lowest BCUT2D eigenvalue weighted by Gasteiger charge is -2.14. The Bertz CT molecular complexity index is 783. The predicted molar refractivity (Wildman–Crippen MR) is 93.9 cm³/mol. The van der Waals surface area contributed by atoms with Gasteiger partial charge in [0.1, 0.15) is 5.82 Å². The molecule has 0 spiro atoms. The third-order valence-electron chi connectivity index (χ3n) is 5.80. The van der Waals surface area contributed by atoms with Crippen LogP contribution in [0.2, 0.25) is 0 Å². The van der Waals surface area contributed by atoms with Crippen molar-refractivity contribution in [2.45, 2.75) is 64.7 Å². The van der Waals surface area contributed by atoms with E-state index in [1.54, 1.807) is 5.56 Å². The van der Waals surface area contributed by atoms with Crippen LogP contribution in [0, 0.1) is 33.5 Å². The largest absolute Gasteiger partial charge is 0.206 e. The van der Waals surface area contributed by atoms with Gasteiger partial charge in [-0.05, 0) is 98.1 Å². The van der Waals surface area contributed by atoms with E-state index in [1.807, 2.05) is 19.9 Å². The van der Waals surface area contributed by atoms with Gasteiger partial charge in [-0.15, -0.1) is 0 Å². The molecule has 0 heterocycles. The van der Waals surface area contributed by atoms with E-state index >= 15 is 0 Å². The number of hydrogen-bond acceptors (Lipinski definition) is 0. The average Bonchev–Trinajstić information content (AvgIpc) is 3.39. The molecule has 2 aromatic rings. The first-order valence-electron chi connectivity index (χ1n) is 8.84. The molecular formula is C22H25F. The van der Waals surface area contributed by atoms with Crippen LogP contribution in [-0.2, 0) is 0 Å². The lowest BCUT2D eigenvalue weighted by Crippen LogP contribution is -1.99. The summed E-state index contributed by atoms with van der Waals surface area (Å²) in [6.45, 7) is 8.40. The summed E-state index contributed by atoms with van der Waals surface area (Å²) in [4.78, 5) is 0. The maximum Gasteiger partial charge on any atom is 0.129 e. The van der Waals surface area contributed by atoms with Crippen molar-refractivity contribution >= 4 is 0 Å². The minimum atomic E-state index is 0.0187. The molecule has 2 saturated carbocycles. The Morgan fingerprint density at radius 2 is 1.52 bits per heavy atom. The summed E-state index contributed by atoms with van der Waals surface area (Å²) in [6, 6.07) is 8.68. The number of halogens is 1. The highest BCUT2D eigenvalue weighted by atomic mass is 19.1. The highest BCUT2D eigenvalue weighted by molar-refractivity contribution is 5.49. The molecule has 0 nitrogen and oxygen atoms in total. The zero-order chi connectivity index (χ0) is 16.3. The maximum atomic E-state index is 14.6. The molecule has 0 bridgehead atoms. The number of benzene rings is 2. The van der Waals surface area contributed by atoms with Crippen molar-refractivity contribution < 1.29 is 4.39 Å². The zero-order valence-electron chi connectivity index (χ0n) is 14.5. The molecule has 2 atom stereocenters. The average molecular weight is 308 g/mol. The van der Waals surface area contributed by atoms with Gasteiger partial charge in [0.2, 0.25) is 0 Å². The first-order valence-corrected chi connectivity index (χ1v) is 8.84. The molecule has 120 valence electrons. The van der Waals surface area contributed by atoms with Gasteiger partial charge in [-0.3, -0.25) is 0 Å². The highest BCUT2D eigenvalue weighted by Crippen LogP contribution is 2.58. The monoisotopic (exact) mass is 308 g/mol. The maximum absolute atomic E-state index is 14.6. The summed E-state index contributed by atoms with van der Waals surface area (Å²) < 4.78 is 14.6. The summed E-state index contributed by atoms with van der Waals surface area (Å²) in [5, 5.41) is 0.